The van der Waals surface area contributed by atoms with E-state index in [1.165, 1.54) is 0 Å². The molecule has 1 saturated carbocycles. The second-order valence-electron chi connectivity index (χ2n) is 4.75. The first-order valence-electron chi connectivity index (χ1n) is 5.91. The first-order chi connectivity index (χ1) is 8.94. The SMILES string of the molecule is O=C(NCC1(C(=O)O)CCC1)c1ccc(F)c(F)c1. The van der Waals surface area contributed by atoms with E-state index in [0.717, 1.165) is 24.6 Å². The number of hydrogen-bond acceptors (Lipinski definition) is 2. The zero-order valence-electron chi connectivity index (χ0n) is 10.1. The molecule has 0 saturated heterocycles. The number of rotatable bonds is 4. The number of carboxylic acids is 1. The van der Waals surface area contributed by atoms with Gasteiger partial charge in [-0.3, -0.25) is 9.59 Å². The molecule has 1 fully saturated rings. The van der Waals surface area contributed by atoms with Gasteiger partial charge in [0, 0.05) is 12.1 Å². The Morgan fingerprint density at radius 3 is 2.42 bits per heavy atom. The van der Waals surface area contributed by atoms with Gasteiger partial charge in [-0.05, 0) is 31.0 Å². The molecule has 1 amide bonds. The van der Waals surface area contributed by atoms with Gasteiger partial charge in [-0.25, -0.2) is 8.78 Å². The quantitative estimate of drug-likeness (QED) is 0.878. The molecule has 0 aromatic heterocycles. The van der Waals surface area contributed by atoms with Crippen molar-refractivity contribution >= 4 is 11.9 Å². The molecule has 0 aliphatic heterocycles. The van der Waals surface area contributed by atoms with Gasteiger partial charge in [0.25, 0.3) is 5.91 Å². The number of amides is 1. The van der Waals surface area contributed by atoms with Crippen LogP contribution in [0.25, 0.3) is 0 Å². The number of carbonyl (C=O) groups excluding carboxylic acids is 1. The lowest BCUT2D eigenvalue weighted by Gasteiger charge is -2.37. The van der Waals surface area contributed by atoms with Crippen LogP contribution in [0.15, 0.2) is 18.2 Å². The highest BCUT2D eigenvalue weighted by atomic mass is 19.2. The van der Waals surface area contributed by atoms with Crippen molar-refractivity contribution < 1.29 is 23.5 Å². The van der Waals surface area contributed by atoms with Crippen LogP contribution >= 0.6 is 0 Å². The molecule has 19 heavy (non-hydrogen) atoms. The second kappa shape index (κ2) is 4.95. The minimum absolute atomic E-state index is 0.000161. The second-order valence-corrected chi connectivity index (χ2v) is 4.75. The highest BCUT2D eigenvalue weighted by Gasteiger charge is 2.44. The predicted octanol–water partition coefficient (Wildman–Crippen LogP) is 1.95. The van der Waals surface area contributed by atoms with Crippen molar-refractivity contribution in [2.75, 3.05) is 6.54 Å². The molecule has 0 spiro atoms. The maximum atomic E-state index is 13.0. The van der Waals surface area contributed by atoms with Gasteiger partial charge < -0.3 is 10.4 Å². The third kappa shape index (κ3) is 2.57. The zero-order chi connectivity index (χ0) is 14.0. The topological polar surface area (TPSA) is 66.4 Å². The molecule has 1 aromatic carbocycles. The number of carbonyl (C=O) groups is 2. The van der Waals surface area contributed by atoms with Gasteiger partial charge in [-0.2, -0.15) is 0 Å². The van der Waals surface area contributed by atoms with Crippen molar-refractivity contribution in [1.82, 2.24) is 5.32 Å². The molecule has 1 aromatic rings. The van der Waals surface area contributed by atoms with Crippen molar-refractivity contribution in [3.63, 3.8) is 0 Å². The van der Waals surface area contributed by atoms with E-state index in [1.54, 1.807) is 0 Å². The van der Waals surface area contributed by atoms with Crippen molar-refractivity contribution in [2.24, 2.45) is 5.41 Å². The first kappa shape index (κ1) is 13.5. The molecule has 0 atom stereocenters. The molecule has 0 heterocycles. The largest absolute Gasteiger partial charge is 0.481 e. The van der Waals surface area contributed by atoms with E-state index in [4.69, 9.17) is 5.11 Å². The summed E-state index contributed by atoms with van der Waals surface area (Å²) in [4.78, 5) is 22.8. The van der Waals surface area contributed by atoms with E-state index in [9.17, 15) is 18.4 Å². The summed E-state index contributed by atoms with van der Waals surface area (Å²) in [7, 11) is 0. The van der Waals surface area contributed by atoms with Gasteiger partial charge in [-0.15, -0.1) is 0 Å². The average molecular weight is 269 g/mol. The van der Waals surface area contributed by atoms with Crippen LogP contribution in [-0.2, 0) is 4.79 Å². The van der Waals surface area contributed by atoms with E-state index >= 15 is 0 Å². The summed E-state index contributed by atoms with van der Waals surface area (Å²) in [5.41, 5.74) is -0.937. The number of benzene rings is 1. The molecule has 1 aliphatic carbocycles. The van der Waals surface area contributed by atoms with E-state index < -0.39 is 28.9 Å². The predicted molar refractivity (Wildman–Crippen MR) is 62.6 cm³/mol. The molecular weight excluding hydrogens is 256 g/mol. The Bertz CT molecular complexity index is 527. The number of hydrogen-bond donors (Lipinski definition) is 2. The van der Waals surface area contributed by atoms with Crippen LogP contribution in [-0.4, -0.2) is 23.5 Å². The van der Waals surface area contributed by atoms with Crippen molar-refractivity contribution in [1.29, 1.82) is 0 Å². The van der Waals surface area contributed by atoms with E-state index in [-0.39, 0.29) is 12.1 Å². The fourth-order valence-electron chi connectivity index (χ4n) is 2.06. The number of halogens is 2. The van der Waals surface area contributed by atoms with Crippen LogP contribution in [0, 0.1) is 17.0 Å². The molecule has 4 nitrogen and oxygen atoms in total. The van der Waals surface area contributed by atoms with Crippen LogP contribution in [0.5, 0.6) is 0 Å². The Labute approximate surface area is 108 Å². The molecule has 0 bridgehead atoms. The Morgan fingerprint density at radius 2 is 1.95 bits per heavy atom. The molecule has 2 rings (SSSR count). The lowest BCUT2D eigenvalue weighted by Crippen LogP contribution is -2.47. The summed E-state index contributed by atoms with van der Waals surface area (Å²) in [6.07, 6.45) is 1.84. The van der Waals surface area contributed by atoms with Crippen LogP contribution in [0.1, 0.15) is 29.6 Å². The summed E-state index contributed by atoms with van der Waals surface area (Å²) >= 11 is 0. The van der Waals surface area contributed by atoms with Gasteiger partial charge in [0.2, 0.25) is 0 Å². The minimum Gasteiger partial charge on any atom is -0.481 e. The van der Waals surface area contributed by atoms with Crippen LogP contribution < -0.4 is 5.32 Å². The number of aliphatic carboxylic acids is 1. The highest BCUT2D eigenvalue weighted by Crippen LogP contribution is 2.40. The van der Waals surface area contributed by atoms with Crippen LogP contribution in [0.2, 0.25) is 0 Å². The standard InChI is InChI=1S/C13H13F2NO3/c14-9-3-2-8(6-10(9)15)11(17)16-7-13(12(18)19)4-1-5-13/h2-3,6H,1,4-5,7H2,(H,16,17)(H,18,19). The monoisotopic (exact) mass is 269 g/mol. The van der Waals surface area contributed by atoms with Crippen LogP contribution in [0.4, 0.5) is 8.78 Å². The summed E-state index contributed by atoms with van der Waals surface area (Å²) in [6.45, 7) is 0.000161. The molecule has 2 N–H and O–H groups in total. The number of carboxylic acid groups (broad SMARTS) is 1. The lowest BCUT2D eigenvalue weighted by molar-refractivity contribution is -0.153. The molecular formula is C13H13F2NO3. The summed E-state index contributed by atoms with van der Waals surface area (Å²) in [5, 5.41) is 11.5. The van der Waals surface area contributed by atoms with Crippen molar-refractivity contribution in [2.45, 2.75) is 19.3 Å². The molecule has 102 valence electrons. The van der Waals surface area contributed by atoms with Gasteiger partial charge >= 0.3 is 5.97 Å². The summed E-state index contributed by atoms with van der Waals surface area (Å²) in [5.74, 6) is -3.68. The Morgan fingerprint density at radius 1 is 1.26 bits per heavy atom. The highest BCUT2D eigenvalue weighted by molar-refractivity contribution is 5.94. The Hall–Kier alpha value is -1.98. The molecule has 0 unspecified atom stereocenters. The summed E-state index contributed by atoms with van der Waals surface area (Å²) in [6, 6.07) is 2.81. The van der Waals surface area contributed by atoms with E-state index in [0.29, 0.717) is 12.8 Å². The maximum Gasteiger partial charge on any atom is 0.311 e. The molecule has 0 radical (unpaired) electrons. The van der Waals surface area contributed by atoms with Gasteiger partial charge in [0.05, 0.1) is 5.41 Å². The Balaban J connectivity index is 2.01. The van der Waals surface area contributed by atoms with Gasteiger partial charge in [0.1, 0.15) is 0 Å². The fourth-order valence-corrected chi connectivity index (χ4v) is 2.06. The smallest absolute Gasteiger partial charge is 0.311 e. The molecule has 6 heteroatoms. The molecule has 1 aliphatic rings. The zero-order valence-corrected chi connectivity index (χ0v) is 10.1. The normalized spacial score (nSPS) is 16.5. The van der Waals surface area contributed by atoms with Crippen molar-refractivity contribution in [3.8, 4) is 0 Å². The summed E-state index contributed by atoms with van der Waals surface area (Å²) < 4.78 is 25.7. The van der Waals surface area contributed by atoms with Gasteiger partial charge in [-0.1, -0.05) is 6.42 Å². The first-order valence-corrected chi connectivity index (χ1v) is 5.91. The third-order valence-corrected chi connectivity index (χ3v) is 3.53. The van der Waals surface area contributed by atoms with Crippen molar-refractivity contribution in [3.05, 3.63) is 35.4 Å². The maximum absolute atomic E-state index is 13.0. The average Bonchev–Trinajstić information content (AvgIpc) is 2.30. The van der Waals surface area contributed by atoms with Gasteiger partial charge in [0.15, 0.2) is 11.6 Å². The number of nitrogens with one attached hydrogen (secondary N) is 1. The van der Waals surface area contributed by atoms with E-state index in [2.05, 4.69) is 5.32 Å². The lowest BCUT2D eigenvalue weighted by atomic mass is 9.69. The fraction of sp³-hybridized carbons (Fsp3) is 0.385. The van der Waals surface area contributed by atoms with Crippen LogP contribution in [0.3, 0.4) is 0 Å². The Kier molecular flexibility index (Phi) is 3.50. The minimum atomic E-state index is -1.11. The third-order valence-electron chi connectivity index (χ3n) is 3.53. The van der Waals surface area contributed by atoms with E-state index in [1.807, 2.05) is 0 Å².